The van der Waals surface area contributed by atoms with Crippen LogP contribution in [0.4, 0.5) is 0 Å². The maximum atomic E-state index is 12.1. The smallest absolute Gasteiger partial charge is 0.305 e. The highest BCUT2D eigenvalue weighted by atomic mass is 35.5. The molecular formula is C15H20ClNO4. The second-order valence-corrected chi connectivity index (χ2v) is 5.26. The molecule has 21 heavy (non-hydrogen) atoms. The van der Waals surface area contributed by atoms with Crippen LogP contribution in [0.3, 0.4) is 0 Å². The number of likely N-dealkylation sites (N-methyl/N-ethyl adjacent to an activating group) is 1. The summed E-state index contributed by atoms with van der Waals surface area (Å²) in [7, 11) is 0. The highest BCUT2D eigenvalue weighted by molar-refractivity contribution is 6.30. The zero-order valence-corrected chi connectivity index (χ0v) is 13.2. The lowest BCUT2D eigenvalue weighted by Gasteiger charge is -2.27. The molecule has 0 saturated heterocycles. The molecule has 0 radical (unpaired) electrons. The van der Waals surface area contributed by atoms with Gasteiger partial charge in [-0.3, -0.25) is 9.59 Å². The van der Waals surface area contributed by atoms with Crippen LogP contribution >= 0.6 is 11.6 Å². The fourth-order valence-electron chi connectivity index (χ4n) is 2.09. The molecule has 0 heterocycles. The molecule has 0 bridgehead atoms. The lowest BCUT2D eigenvalue weighted by molar-refractivity contribution is -0.141. The first-order valence-electron chi connectivity index (χ1n) is 6.75. The number of carboxylic acid groups (broad SMARTS) is 1. The molecule has 1 rings (SSSR count). The van der Waals surface area contributed by atoms with Crippen molar-refractivity contribution in [2.45, 2.75) is 33.2 Å². The van der Waals surface area contributed by atoms with E-state index in [0.29, 0.717) is 17.3 Å². The van der Waals surface area contributed by atoms with Crippen LogP contribution in [-0.2, 0) is 9.59 Å². The van der Waals surface area contributed by atoms with Crippen LogP contribution in [0.1, 0.15) is 25.8 Å². The van der Waals surface area contributed by atoms with Gasteiger partial charge < -0.3 is 14.7 Å². The standard InChI is InChI=1S/C15H20ClNO4/c1-4-17(11(3)8-15(19)20)14(18)9-21-13-6-5-12(16)7-10(13)2/h5-7,11H,4,8-9H2,1-3H3,(H,19,20). The van der Waals surface area contributed by atoms with E-state index in [1.54, 1.807) is 25.1 Å². The van der Waals surface area contributed by atoms with Gasteiger partial charge in [0.1, 0.15) is 5.75 Å². The first kappa shape index (κ1) is 17.3. The van der Waals surface area contributed by atoms with Crippen LogP contribution in [0.2, 0.25) is 5.02 Å². The van der Waals surface area contributed by atoms with E-state index in [-0.39, 0.29) is 25.0 Å². The van der Waals surface area contributed by atoms with Crippen molar-refractivity contribution in [3.05, 3.63) is 28.8 Å². The van der Waals surface area contributed by atoms with E-state index < -0.39 is 5.97 Å². The molecule has 0 aromatic heterocycles. The van der Waals surface area contributed by atoms with Crippen molar-refractivity contribution in [2.24, 2.45) is 0 Å². The van der Waals surface area contributed by atoms with Crippen LogP contribution in [0.15, 0.2) is 18.2 Å². The van der Waals surface area contributed by atoms with E-state index in [1.165, 1.54) is 4.90 Å². The lowest BCUT2D eigenvalue weighted by atomic mass is 10.2. The number of aliphatic carboxylic acids is 1. The third kappa shape index (κ3) is 5.27. The predicted molar refractivity (Wildman–Crippen MR) is 80.8 cm³/mol. The molecule has 1 aromatic rings. The molecule has 1 atom stereocenters. The van der Waals surface area contributed by atoms with Gasteiger partial charge >= 0.3 is 5.97 Å². The minimum absolute atomic E-state index is 0.0838. The van der Waals surface area contributed by atoms with E-state index in [9.17, 15) is 9.59 Å². The van der Waals surface area contributed by atoms with Gasteiger partial charge in [-0.1, -0.05) is 11.6 Å². The number of carbonyl (C=O) groups is 2. The normalized spacial score (nSPS) is 11.8. The maximum Gasteiger partial charge on any atom is 0.305 e. The summed E-state index contributed by atoms with van der Waals surface area (Å²) in [4.78, 5) is 24.4. The number of carbonyl (C=O) groups excluding carboxylic acids is 1. The van der Waals surface area contributed by atoms with Gasteiger partial charge in [-0.05, 0) is 44.5 Å². The Morgan fingerprint density at radius 2 is 2.10 bits per heavy atom. The van der Waals surface area contributed by atoms with Crippen LogP contribution < -0.4 is 4.74 Å². The zero-order valence-electron chi connectivity index (χ0n) is 12.4. The quantitative estimate of drug-likeness (QED) is 0.840. The monoisotopic (exact) mass is 313 g/mol. The Kier molecular flexibility index (Phi) is 6.49. The van der Waals surface area contributed by atoms with Gasteiger partial charge in [-0.15, -0.1) is 0 Å². The zero-order chi connectivity index (χ0) is 16.0. The number of aryl methyl sites for hydroxylation is 1. The number of halogens is 1. The van der Waals surface area contributed by atoms with Crippen molar-refractivity contribution >= 4 is 23.5 Å². The van der Waals surface area contributed by atoms with E-state index in [4.69, 9.17) is 21.4 Å². The highest BCUT2D eigenvalue weighted by Gasteiger charge is 2.21. The second-order valence-electron chi connectivity index (χ2n) is 4.83. The Hall–Kier alpha value is -1.75. The van der Waals surface area contributed by atoms with Crippen LogP contribution in [0, 0.1) is 6.92 Å². The van der Waals surface area contributed by atoms with Gasteiger partial charge in [-0.2, -0.15) is 0 Å². The van der Waals surface area contributed by atoms with Gasteiger partial charge in [0.25, 0.3) is 5.91 Å². The van der Waals surface area contributed by atoms with E-state index in [0.717, 1.165) is 5.56 Å². The first-order valence-corrected chi connectivity index (χ1v) is 7.13. The number of ether oxygens (including phenoxy) is 1. The summed E-state index contributed by atoms with van der Waals surface area (Å²) in [6.45, 7) is 5.68. The van der Waals surface area contributed by atoms with E-state index >= 15 is 0 Å². The van der Waals surface area contributed by atoms with Crippen LogP contribution in [0.25, 0.3) is 0 Å². The SMILES string of the molecule is CCN(C(=O)COc1ccc(Cl)cc1C)C(C)CC(=O)O. The fourth-order valence-corrected chi connectivity index (χ4v) is 2.32. The number of rotatable bonds is 7. The number of benzene rings is 1. The molecule has 1 amide bonds. The van der Waals surface area contributed by atoms with Crippen molar-refractivity contribution in [3.63, 3.8) is 0 Å². The summed E-state index contributed by atoms with van der Waals surface area (Å²) >= 11 is 5.86. The van der Waals surface area contributed by atoms with Crippen molar-refractivity contribution in [1.82, 2.24) is 4.90 Å². The molecule has 116 valence electrons. The highest BCUT2D eigenvalue weighted by Crippen LogP contribution is 2.21. The predicted octanol–water partition coefficient (Wildman–Crippen LogP) is 2.74. The second kappa shape index (κ2) is 7.88. The molecule has 0 saturated carbocycles. The van der Waals surface area contributed by atoms with Crippen molar-refractivity contribution < 1.29 is 19.4 Å². The van der Waals surface area contributed by atoms with Crippen LogP contribution in [-0.4, -0.2) is 41.1 Å². The summed E-state index contributed by atoms with van der Waals surface area (Å²) in [6.07, 6.45) is -0.0838. The van der Waals surface area contributed by atoms with Gasteiger partial charge in [0.2, 0.25) is 0 Å². The molecule has 0 fully saturated rings. The number of hydrogen-bond donors (Lipinski definition) is 1. The largest absolute Gasteiger partial charge is 0.483 e. The number of nitrogens with zero attached hydrogens (tertiary/aromatic N) is 1. The number of hydrogen-bond acceptors (Lipinski definition) is 3. The Bertz CT molecular complexity index is 518. The van der Waals surface area contributed by atoms with Gasteiger partial charge in [0, 0.05) is 17.6 Å². The summed E-state index contributed by atoms with van der Waals surface area (Å²) in [6, 6.07) is 4.79. The Morgan fingerprint density at radius 1 is 1.43 bits per heavy atom. The third-order valence-corrected chi connectivity index (χ3v) is 3.39. The van der Waals surface area contributed by atoms with Crippen molar-refractivity contribution in [1.29, 1.82) is 0 Å². The molecular weight excluding hydrogens is 294 g/mol. The Balaban J connectivity index is 2.64. The first-order chi connectivity index (χ1) is 9.85. The van der Waals surface area contributed by atoms with E-state index in [2.05, 4.69) is 0 Å². The molecule has 1 aromatic carbocycles. The molecule has 5 nitrogen and oxygen atoms in total. The topological polar surface area (TPSA) is 66.8 Å². The Morgan fingerprint density at radius 3 is 2.62 bits per heavy atom. The number of carboxylic acids is 1. The molecule has 0 spiro atoms. The van der Waals surface area contributed by atoms with Gasteiger partial charge in [0.05, 0.1) is 6.42 Å². The third-order valence-electron chi connectivity index (χ3n) is 3.15. The molecule has 6 heteroatoms. The molecule has 1 unspecified atom stereocenters. The average Bonchev–Trinajstić information content (AvgIpc) is 2.37. The minimum Gasteiger partial charge on any atom is -0.483 e. The number of amides is 1. The van der Waals surface area contributed by atoms with Crippen molar-refractivity contribution in [2.75, 3.05) is 13.2 Å². The molecule has 1 N–H and O–H groups in total. The molecule has 0 aliphatic heterocycles. The van der Waals surface area contributed by atoms with Crippen molar-refractivity contribution in [3.8, 4) is 5.75 Å². The van der Waals surface area contributed by atoms with E-state index in [1.807, 2.05) is 13.8 Å². The molecule has 0 aliphatic carbocycles. The minimum atomic E-state index is -0.928. The molecule has 0 aliphatic rings. The summed E-state index contributed by atoms with van der Waals surface area (Å²) in [5.74, 6) is -0.571. The lowest BCUT2D eigenvalue weighted by Crippen LogP contribution is -2.42. The summed E-state index contributed by atoms with van der Waals surface area (Å²) in [5.41, 5.74) is 0.844. The van der Waals surface area contributed by atoms with Gasteiger partial charge in [0.15, 0.2) is 6.61 Å². The van der Waals surface area contributed by atoms with Gasteiger partial charge in [-0.25, -0.2) is 0 Å². The van der Waals surface area contributed by atoms with Crippen LogP contribution in [0.5, 0.6) is 5.75 Å². The summed E-state index contributed by atoms with van der Waals surface area (Å²) < 4.78 is 5.49. The summed E-state index contributed by atoms with van der Waals surface area (Å²) in [5, 5.41) is 9.41. The average molecular weight is 314 g/mol. The Labute approximate surface area is 129 Å². The maximum absolute atomic E-state index is 12.1. The fraction of sp³-hybridized carbons (Fsp3) is 0.467.